The number of carbonyl (C=O) groups is 1. The molecule has 0 radical (unpaired) electrons. The van der Waals surface area contributed by atoms with E-state index in [2.05, 4.69) is 0 Å². The molecule has 0 saturated carbocycles. The molecule has 0 heterocycles. The summed E-state index contributed by atoms with van der Waals surface area (Å²) in [6.07, 6.45) is 2.64. The van der Waals surface area contributed by atoms with E-state index in [0.29, 0.717) is 12.1 Å². The van der Waals surface area contributed by atoms with Gasteiger partial charge in [0.1, 0.15) is 5.75 Å². The first-order chi connectivity index (χ1) is 8.06. The summed E-state index contributed by atoms with van der Waals surface area (Å²) >= 11 is 1.67. The van der Waals surface area contributed by atoms with Crippen LogP contribution in [0.15, 0.2) is 24.3 Å². The second-order valence-electron chi connectivity index (χ2n) is 3.81. The van der Waals surface area contributed by atoms with Crippen molar-refractivity contribution in [1.29, 1.82) is 0 Å². The summed E-state index contributed by atoms with van der Waals surface area (Å²) < 4.78 is 0. The Morgan fingerprint density at radius 1 is 1.59 bits per heavy atom. The average molecular weight is 254 g/mol. The third-order valence-electron chi connectivity index (χ3n) is 2.50. The van der Waals surface area contributed by atoms with Crippen LogP contribution in [-0.4, -0.2) is 36.1 Å². The second-order valence-corrected chi connectivity index (χ2v) is 4.79. The maximum Gasteiger partial charge on any atom is 0.243 e. The topological polar surface area (TPSA) is 66.6 Å². The van der Waals surface area contributed by atoms with E-state index < -0.39 is 6.04 Å². The summed E-state index contributed by atoms with van der Waals surface area (Å²) in [5, 5.41) is 9.35. The fourth-order valence-electron chi connectivity index (χ4n) is 1.45. The van der Waals surface area contributed by atoms with Gasteiger partial charge in [-0.3, -0.25) is 4.79 Å². The van der Waals surface area contributed by atoms with Gasteiger partial charge in [0.15, 0.2) is 0 Å². The van der Waals surface area contributed by atoms with Crippen molar-refractivity contribution >= 4 is 23.4 Å². The Morgan fingerprint density at radius 3 is 2.88 bits per heavy atom. The van der Waals surface area contributed by atoms with Crippen LogP contribution in [0.1, 0.15) is 6.42 Å². The lowest BCUT2D eigenvalue weighted by molar-refractivity contribution is -0.119. The largest absolute Gasteiger partial charge is 0.508 e. The van der Waals surface area contributed by atoms with Gasteiger partial charge >= 0.3 is 0 Å². The van der Waals surface area contributed by atoms with Gasteiger partial charge in [-0.2, -0.15) is 11.8 Å². The highest BCUT2D eigenvalue weighted by molar-refractivity contribution is 7.98. The zero-order chi connectivity index (χ0) is 12.8. The third-order valence-corrected chi connectivity index (χ3v) is 3.14. The van der Waals surface area contributed by atoms with Crippen molar-refractivity contribution < 1.29 is 9.90 Å². The van der Waals surface area contributed by atoms with Crippen LogP contribution in [0.3, 0.4) is 0 Å². The van der Waals surface area contributed by atoms with Crippen molar-refractivity contribution in [2.24, 2.45) is 5.73 Å². The Kier molecular flexibility index (Phi) is 5.31. The fourth-order valence-corrected chi connectivity index (χ4v) is 1.94. The fraction of sp³-hybridized carbons (Fsp3) is 0.417. The molecule has 0 aliphatic heterocycles. The van der Waals surface area contributed by atoms with Crippen molar-refractivity contribution in [1.82, 2.24) is 0 Å². The van der Waals surface area contributed by atoms with Gasteiger partial charge in [0, 0.05) is 18.8 Å². The van der Waals surface area contributed by atoms with E-state index in [4.69, 9.17) is 5.73 Å². The summed E-state index contributed by atoms with van der Waals surface area (Å²) in [6.45, 7) is 0. The first-order valence-corrected chi connectivity index (χ1v) is 6.76. The zero-order valence-electron chi connectivity index (χ0n) is 10.1. The van der Waals surface area contributed by atoms with Crippen molar-refractivity contribution in [2.75, 3.05) is 24.0 Å². The summed E-state index contributed by atoms with van der Waals surface area (Å²) in [6, 6.07) is 6.07. The first-order valence-electron chi connectivity index (χ1n) is 5.37. The van der Waals surface area contributed by atoms with Crippen molar-refractivity contribution in [3.05, 3.63) is 24.3 Å². The number of phenols is 1. The van der Waals surface area contributed by atoms with Gasteiger partial charge in [0.25, 0.3) is 0 Å². The number of nitrogens with zero attached hydrogens (tertiary/aromatic N) is 1. The minimum atomic E-state index is -0.491. The summed E-state index contributed by atoms with van der Waals surface area (Å²) in [5.41, 5.74) is 6.46. The van der Waals surface area contributed by atoms with Crippen LogP contribution in [0.5, 0.6) is 5.75 Å². The number of benzene rings is 1. The lowest BCUT2D eigenvalue weighted by atomic mass is 10.2. The number of hydrogen-bond donors (Lipinski definition) is 2. The minimum absolute atomic E-state index is 0.135. The predicted octanol–water partition coefficient (Wildman–Crippen LogP) is 1.44. The van der Waals surface area contributed by atoms with E-state index in [-0.39, 0.29) is 11.7 Å². The molecular formula is C12H18N2O2S. The smallest absolute Gasteiger partial charge is 0.243 e. The Morgan fingerprint density at radius 2 is 2.29 bits per heavy atom. The molecule has 0 unspecified atom stereocenters. The molecule has 0 saturated heterocycles. The van der Waals surface area contributed by atoms with E-state index in [0.717, 1.165) is 5.75 Å². The maximum absolute atomic E-state index is 12.0. The number of aromatic hydroxyl groups is 1. The van der Waals surface area contributed by atoms with Crippen molar-refractivity contribution in [3.63, 3.8) is 0 Å². The van der Waals surface area contributed by atoms with E-state index in [1.54, 1.807) is 43.1 Å². The molecule has 1 rings (SSSR count). The molecule has 0 spiro atoms. The van der Waals surface area contributed by atoms with Crippen LogP contribution < -0.4 is 10.6 Å². The zero-order valence-corrected chi connectivity index (χ0v) is 10.9. The molecule has 1 aromatic rings. The maximum atomic E-state index is 12.0. The van der Waals surface area contributed by atoms with Gasteiger partial charge in [-0.15, -0.1) is 0 Å². The molecule has 4 nitrogen and oxygen atoms in total. The predicted molar refractivity (Wildman–Crippen MR) is 72.5 cm³/mol. The molecule has 5 heteroatoms. The van der Waals surface area contributed by atoms with E-state index >= 15 is 0 Å². The highest BCUT2D eigenvalue weighted by Crippen LogP contribution is 2.19. The second kappa shape index (κ2) is 6.51. The first kappa shape index (κ1) is 13.9. The number of phenolic OH excluding ortho intramolecular Hbond substituents is 1. The molecule has 0 fully saturated rings. The molecule has 0 aliphatic rings. The number of rotatable bonds is 5. The molecule has 1 aromatic carbocycles. The van der Waals surface area contributed by atoms with E-state index in [9.17, 15) is 9.90 Å². The van der Waals surface area contributed by atoms with Gasteiger partial charge < -0.3 is 15.7 Å². The Hall–Kier alpha value is -1.20. The van der Waals surface area contributed by atoms with Crippen LogP contribution in [-0.2, 0) is 4.79 Å². The van der Waals surface area contributed by atoms with Crippen LogP contribution >= 0.6 is 11.8 Å². The molecule has 1 atom stereocenters. The number of hydrogen-bond acceptors (Lipinski definition) is 4. The quantitative estimate of drug-likeness (QED) is 0.834. The summed E-state index contributed by atoms with van der Waals surface area (Å²) in [7, 11) is 1.66. The highest BCUT2D eigenvalue weighted by Gasteiger charge is 2.18. The molecule has 0 aromatic heterocycles. The molecular weight excluding hydrogens is 236 g/mol. The molecule has 0 aliphatic carbocycles. The lowest BCUT2D eigenvalue weighted by Crippen LogP contribution is -2.42. The third kappa shape index (κ3) is 3.94. The lowest BCUT2D eigenvalue weighted by Gasteiger charge is -2.21. The molecule has 0 bridgehead atoms. The van der Waals surface area contributed by atoms with Crippen molar-refractivity contribution in [2.45, 2.75) is 12.5 Å². The summed E-state index contributed by atoms with van der Waals surface area (Å²) in [5.74, 6) is 0.866. The standard InChI is InChI=1S/C12H18N2O2S/c1-14(9-4-3-5-10(15)8-9)12(16)11(13)6-7-17-2/h3-5,8,11,15H,6-7,13H2,1-2H3/t11-/m0/s1. The molecule has 3 N–H and O–H groups in total. The van der Waals surface area contributed by atoms with Gasteiger partial charge in [0.05, 0.1) is 6.04 Å². The van der Waals surface area contributed by atoms with Crippen LogP contribution in [0.2, 0.25) is 0 Å². The van der Waals surface area contributed by atoms with Crippen LogP contribution in [0.4, 0.5) is 5.69 Å². The van der Waals surface area contributed by atoms with Crippen LogP contribution in [0.25, 0.3) is 0 Å². The number of nitrogens with two attached hydrogens (primary N) is 1. The van der Waals surface area contributed by atoms with Crippen LogP contribution in [0, 0.1) is 0 Å². The monoisotopic (exact) mass is 254 g/mol. The van der Waals surface area contributed by atoms with Gasteiger partial charge in [-0.1, -0.05) is 6.07 Å². The Bertz CT molecular complexity index is 385. The van der Waals surface area contributed by atoms with E-state index in [1.807, 2.05) is 6.26 Å². The summed E-state index contributed by atoms with van der Waals surface area (Å²) in [4.78, 5) is 13.4. The number of amides is 1. The highest BCUT2D eigenvalue weighted by atomic mass is 32.2. The Labute approximate surface area is 106 Å². The number of likely N-dealkylation sites (N-methyl/N-ethyl adjacent to an activating group) is 1. The van der Waals surface area contributed by atoms with Crippen molar-refractivity contribution in [3.8, 4) is 5.75 Å². The molecule has 17 heavy (non-hydrogen) atoms. The molecule has 94 valence electrons. The average Bonchev–Trinajstić information content (AvgIpc) is 2.34. The number of carbonyl (C=O) groups excluding carboxylic acids is 1. The van der Waals surface area contributed by atoms with E-state index in [1.165, 1.54) is 4.90 Å². The molecule has 1 amide bonds. The number of thioether (sulfide) groups is 1. The van der Waals surface area contributed by atoms with Gasteiger partial charge in [0.2, 0.25) is 5.91 Å². The SMILES string of the molecule is CSCC[C@H](N)C(=O)N(C)c1cccc(O)c1. The van der Waals surface area contributed by atoms with Gasteiger partial charge in [-0.05, 0) is 30.6 Å². The normalized spacial score (nSPS) is 12.2. The number of anilines is 1. The minimum Gasteiger partial charge on any atom is -0.508 e. The Balaban J connectivity index is 2.69. The van der Waals surface area contributed by atoms with Gasteiger partial charge in [-0.25, -0.2) is 0 Å².